The van der Waals surface area contributed by atoms with Crippen molar-refractivity contribution in [1.29, 1.82) is 0 Å². The SMILES string of the molecule is Cc1onc(C(C)C)c1C(=O)N1CCC[C@H](c2nc3ccccn3c2NC(C)(C)C)C1. The van der Waals surface area contributed by atoms with Gasteiger partial charge in [0, 0.05) is 30.7 Å². The molecule has 4 rings (SSSR count). The van der Waals surface area contributed by atoms with Gasteiger partial charge in [-0.05, 0) is 58.6 Å². The number of anilines is 1. The molecule has 166 valence electrons. The maximum absolute atomic E-state index is 13.5. The number of amides is 1. The second-order valence-electron chi connectivity index (χ2n) is 9.89. The highest BCUT2D eigenvalue weighted by Gasteiger charge is 2.33. The van der Waals surface area contributed by atoms with Crippen molar-refractivity contribution in [3.63, 3.8) is 0 Å². The van der Waals surface area contributed by atoms with Crippen molar-refractivity contribution in [2.24, 2.45) is 0 Å². The minimum atomic E-state index is -0.101. The monoisotopic (exact) mass is 423 g/mol. The Morgan fingerprint density at radius 1 is 1.29 bits per heavy atom. The summed E-state index contributed by atoms with van der Waals surface area (Å²) in [6, 6.07) is 6.05. The molecule has 1 aliphatic rings. The standard InChI is InChI=1S/C24H33N5O2/c1-15(2)20-19(16(3)31-27-20)23(30)28-12-9-10-17(14-28)21-22(26-24(4,5)6)29-13-8-7-11-18(29)25-21/h7-8,11,13,15,17,26H,9-10,12,14H2,1-6H3/t17-/m0/s1. The number of fused-ring (bicyclic) bond motifs is 1. The van der Waals surface area contributed by atoms with Crippen molar-refractivity contribution in [2.75, 3.05) is 18.4 Å². The highest BCUT2D eigenvalue weighted by Crippen LogP contribution is 2.35. The third-order valence-electron chi connectivity index (χ3n) is 5.80. The minimum Gasteiger partial charge on any atom is -0.365 e. The number of piperidine rings is 1. The predicted molar refractivity (Wildman–Crippen MR) is 122 cm³/mol. The van der Waals surface area contributed by atoms with E-state index in [4.69, 9.17) is 9.51 Å². The molecule has 0 aliphatic carbocycles. The molecule has 3 aromatic rings. The average Bonchev–Trinajstić information content (AvgIpc) is 3.27. The molecule has 1 amide bonds. The zero-order valence-electron chi connectivity index (χ0n) is 19.4. The molecule has 0 aromatic carbocycles. The molecule has 0 spiro atoms. The summed E-state index contributed by atoms with van der Waals surface area (Å²) in [7, 11) is 0. The molecule has 1 saturated heterocycles. The first-order valence-corrected chi connectivity index (χ1v) is 11.2. The van der Waals surface area contributed by atoms with Crippen LogP contribution in [-0.4, -0.2) is 44.0 Å². The summed E-state index contributed by atoms with van der Waals surface area (Å²) in [5.41, 5.74) is 3.22. The van der Waals surface area contributed by atoms with Crippen molar-refractivity contribution in [1.82, 2.24) is 19.4 Å². The van der Waals surface area contributed by atoms with Crippen LogP contribution in [0.2, 0.25) is 0 Å². The number of nitrogens with zero attached hydrogens (tertiary/aromatic N) is 4. The predicted octanol–water partition coefficient (Wildman–Crippen LogP) is 4.98. The van der Waals surface area contributed by atoms with Gasteiger partial charge in [-0.2, -0.15) is 0 Å². The number of aromatic nitrogens is 3. The summed E-state index contributed by atoms with van der Waals surface area (Å²) >= 11 is 0. The molecule has 0 bridgehead atoms. The number of carbonyl (C=O) groups excluding carboxylic acids is 1. The lowest BCUT2D eigenvalue weighted by molar-refractivity contribution is 0.0703. The lowest BCUT2D eigenvalue weighted by atomic mass is 9.93. The quantitative estimate of drug-likeness (QED) is 0.640. The molecule has 1 aliphatic heterocycles. The number of rotatable bonds is 4. The van der Waals surface area contributed by atoms with Gasteiger partial charge in [0.1, 0.15) is 22.8 Å². The number of aryl methyl sites for hydroxylation is 1. The number of carbonyl (C=O) groups is 1. The van der Waals surface area contributed by atoms with Crippen LogP contribution in [0.3, 0.4) is 0 Å². The normalized spacial score (nSPS) is 17.5. The van der Waals surface area contributed by atoms with Gasteiger partial charge < -0.3 is 14.7 Å². The highest BCUT2D eigenvalue weighted by atomic mass is 16.5. The number of hydrogen-bond donors (Lipinski definition) is 1. The Morgan fingerprint density at radius 2 is 2.06 bits per heavy atom. The third kappa shape index (κ3) is 4.18. The van der Waals surface area contributed by atoms with Gasteiger partial charge >= 0.3 is 0 Å². The molecular weight excluding hydrogens is 390 g/mol. The van der Waals surface area contributed by atoms with Gasteiger partial charge in [0.25, 0.3) is 5.91 Å². The van der Waals surface area contributed by atoms with E-state index in [1.54, 1.807) is 0 Å². The second kappa shape index (κ2) is 8.02. The van der Waals surface area contributed by atoms with E-state index in [0.29, 0.717) is 17.9 Å². The molecule has 7 heteroatoms. The number of likely N-dealkylation sites (tertiary alicyclic amines) is 1. The summed E-state index contributed by atoms with van der Waals surface area (Å²) in [6.45, 7) is 13.7. The van der Waals surface area contributed by atoms with E-state index in [1.807, 2.05) is 50.1 Å². The van der Waals surface area contributed by atoms with Crippen LogP contribution >= 0.6 is 0 Å². The molecule has 0 radical (unpaired) electrons. The van der Waals surface area contributed by atoms with Gasteiger partial charge in [0.15, 0.2) is 0 Å². The van der Waals surface area contributed by atoms with E-state index in [0.717, 1.165) is 42.2 Å². The largest absolute Gasteiger partial charge is 0.365 e. The first-order chi connectivity index (χ1) is 14.7. The topological polar surface area (TPSA) is 75.7 Å². The van der Waals surface area contributed by atoms with Crippen molar-refractivity contribution in [2.45, 2.75) is 71.8 Å². The average molecular weight is 424 g/mol. The van der Waals surface area contributed by atoms with Crippen LogP contribution in [0.5, 0.6) is 0 Å². The summed E-state index contributed by atoms with van der Waals surface area (Å²) in [4.78, 5) is 20.4. The summed E-state index contributed by atoms with van der Waals surface area (Å²) < 4.78 is 7.48. The molecular formula is C24H33N5O2. The zero-order chi connectivity index (χ0) is 22.3. The van der Waals surface area contributed by atoms with E-state index >= 15 is 0 Å². The maximum atomic E-state index is 13.5. The Kier molecular flexibility index (Phi) is 5.54. The molecule has 0 saturated carbocycles. The molecule has 1 N–H and O–H groups in total. The second-order valence-corrected chi connectivity index (χ2v) is 9.89. The van der Waals surface area contributed by atoms with Gasteiger partial charge in [0.05, 0.1) is 11.4 Å². The summed E-state index contributed by atoms with van der Waals surface area (Å²) in [6.07, 6.45) is 3.99. The van der Waals surface area contributed by atoms with E-state index in [9.17, 15) is 4.79 Å². The highest BCUT2D eigenvalue weighted by molar-refractivity contribution is 5.96. The van der Waals surface area contributed by atoms with Gasteiger partial charge in [-0.3, -0.25) is 9.20 Å². The van der Waals surface area contributed by atoms with Gasteiger partial charge in [-0.1, -0.05) is 25.1 Å². The van der Waals surface area contributed by atoms with E-state index in [-0.39, 0.29) is 23.3 Å². The number of hydrogen-bond acceptors (Lipinski definition) is 5. The van der Waals surface area contributed by atoms with Crippen LogP contribution in [0.1, 0.15) is 86.8 Å². The molecule has 31 heavy (non-hydrogen) atoms. The van der Waals surface area contributed by atoms with Crippen molar-refractivity contribution >= 4 is 17.4 Å². The maximum Gasteiger partial charge on any atom is 0.259 e. The Bertz CT molecular complexity index is 1090. The van der Waals surface area contributed by atoms with Gasteiger partial charge in [-0.25, -0.2) is 4.98 Å². The Labute approximate surface area is 183 Å². The first-order valence-electron chi connectivity index (χ1n) is 11.2. The Balaban J connectivity index is 1.67. The summed E-state index contributed by atoms with van der Waals surface area (Å²) in [5.74, 6) is 1.94. The number of nitrogens with one attached hydrogen (secondary N) is 1. The van der Waals surface area contributed by atoms with Crippen LogP contribution in [0.4, 0.5) is 5.82 Å². The fourth-order valence-corrected chi connectivity index (χ4v) is 4.36. The van der Waals surface area contributed by atoms with Crippen LogP contribution in [0, 0.1) is 6.92 Å². The fraction of sp³-hybridized carbons (Fsp3) is 0.542. The van der Waals surface area contributed by atoms with Crippen molar-refractivity contribution in [3.05, 3.63) is 47.1 Å². The smallest absolute Gasteiger partial charge is 0.259 e. The van der Waals surface area contributed by atoms with Crippen molar-refractivity contribution in [3.8, 4) is 0 Å². The van der Waals surface area contributed by atoms with Crippen LogP contribution in [-0.2, 0) is 0 Å². The molecule has 1 fully saturated rings. The lowest BCUT2D eigenvalue weighted by Crippen LogP contribution is -2.40. The minimum absolute atomic E-state index is 0.0150. The third-order valence-corrected chi connectivity index (χ3v) is 5.80. The number of imidazole rings is 1. The Morgan fingerprint density at radius 3 is 2.77 bits per heavy atom. The van der Waals surface area contributed by atoms with E-state index < -0.39 is 0 Å². The molecule has 4 heterocycles. The van der Waals surface area contributed by atoms with Gasteiger partial charge in [0.2, 0.25) is 0 Å². The summed E-state index contributed by atoms with van der Waals surface area (Å²) in [5, 5.41) is 7.79. The van der Waals surface area contributed by atoms with Crippen LogP contribution < -0.4 is 5.32 Å². The van der Waals surface area contributed by atoms with Crippen LogP contribution in [0.25, 0.3) is 5.65 Å². The van der Waals surface area contributed by atoms with E-state index in [1.165, 1.54) is 0 Å². The Hall–Kier alpha value is -2.83. The molecule has 3 aromatic heterocycles. The molecule has 0 unspecified atom stereocenters. The number of pyridine rings is 1. The fourth-order valence-electron chi connectivity index (χ4n) is 4.36. The zero-order valence-corrected chi connectivity index (χ0v) is 19.4. The molecule has 1 atom stereocenters. The van der Waals surface area contributed by atoms with Gasteiger partial charge in [-0.15, -0.1) is 0 Å². The molecule has 7 nitrogen and oxygen atoms in total. The van der Waals surface area contributed by atoms with E-state index in [2.05, 4.69) is 35.6 Å². The van der Waals surface area contributed by atoms with Crippen molar-refractivity contribution < 1.29 is 9.32 Å². The lowest BCUT2D eigenvalue weighted by Gasteiger charge is -2.33. The van der Waals surface area contributed by atoms with Crippen LogP contribution in [0.15, 0.2) is 28.9 Å². The first kappa shape index (κ1) is 21.4.